The zero-order chi connectivity index (χ0) is 17.8. The van der Waals surface area contributed by atoms with Gasteiger partial charge in [0.2, 0.25) is 5.88 Å². The Balaban J connectivity index is 1.77. The number of nitrogens with one attached hydrogen (secondary N) is 3. The number of rotatable bonds is 5. The number of ether oxygens (including phenoxy) is 1. The second-order valence-electron chi connectivity index (χ2n) is 5.29. The van der Waals surface area contributed by atoms with Crippen molar-refractivity contribution in [3.8, 4) is 5.88 Å². The third-order valence-electron chi connectivity index (χ3n) is 3.70. The molecule has 8 heteroatoms. The summed E-state index contributed by atoms with van der Waals surface area (Å²) in [5.74, 6) is -0.708. The summed E-state index contributed by atoms with van der Waals surface area (Å²) >= 11 is 0. The number of hydrogen-bond acceptors (Lipinski definition) is 5. The number of hydroxylamine groups is 1. The van der Waals surface area contributed by atoms with Crippen LogP contribution in [0.25, 0.3) is 10.9 Å². The van der Waals surface area contributed by atoms with Gasteiger partial charge in [0, 0.05) is 29.2 Å². The lowest BCUT2D eigenvalue weighted by Gasteiger charge is -2.10. The lowest BCUT2D eigenvalue weighted by atomic mass is 10.2. The van der Waals surface area contributed by atoms with Gasteiger partial charge in [-0.25, -0.2) is 10.5 Å². The monoisotopic (exact) mass is 340 g/mol. The molecule has 0 aliphatic heterocycles. The SMILES string of the molecule is COc1ncc(C(=O)NO)cc1CNC(=O)c1cc2ccccc2[nH]1. The number of carbonyl (C=O) groups excluding carboxylic acids is 2. The minimum atomic E-state index is -0.696. The quantitative estimate of drug-likeness (QED) is 0.416. The molecule has 8 nitrogen and oxygen atoms in total. The highest BCUT2D eigenvalue weighted by atomic mass is 16.5. The van der Waals surface area contributed by atoms with Gasteiger partial charge in [-0.15, -0.1) is 0 Å². The van der Waals surface area contributed by atoms with Crippen LogP contribution in [0.5, 0.6) is 5.88 Å². The van der Waals surface area contributed by atoms with Crippen molar-refractivity contribution >= 4 is 22.7 Å². The predicted molar refractivity (Wildman–Crippen MR) is 89.5 cm³/mol. The van der Waals surface area contributed by atoms with Gasteiger partial charge in [-0.3, -0.25) is 14.8 Å². The van der Waals surface area contributed by atoms with Crippen LogP contribution in [0.3, 0.4) is 0 Å². The van der Waals surface area contributed by atoms with Crippen LogP contribution in [0.15, 0.2) is 42.6 Å². The van der Waals surface area contributed by atoms with E-state index >= 15 is 0 Å². The number of aromatic nitrogens is 2. The standard InChI is InChI=1S/C17H16N4O4/c1-25-17-12(6-11(8-19-17)15(22)21-24)9-18-16(23)14-7-10-4-2-3-5-13(10)20-14/h2-8,20,24H,9H2,1H3,(H,18,23)(H,21,22). The summed E-state index contributed by atoms with van der Waals surface area (Å²) in [4.78, 5) is 30.9. The summed E-state index contributed by atoms with van der Waals surface area (Å²) in [5, 5.41) is 12.4. The van der Waals surface area contributed by atoms with E-state index in [1.807, 2.05) is 24.3 Å². The fourth-order valence-electron chi connectivity index (χ4n) is 2.46. The molecule has 0 saturated heterocycles. The lowest BCUT2D eigenvalue weighted by Crippen LogP contribution is -2.24. The Morgan fingerprint density at radius 2 is 2.04 bits per heavy atom. The van der Waals surface area contributed by atoms with Crippen molar-refractivity contribution in [2.45, 2.75) is 6.54 Å². The van der Waals surface area contributed by atoms with E-state index in [-0.39, 0.29) is 23.9 Å². The number of hydrogen-bond donors (Lipinski definition) is 4. The summed E-state index contributed by atoms with van der Waals surface area (Å²) in [6, 6.07) is 10.8. The first-order valence-corrected chi connectivity index (χ1v) is 7.45. The van der Waals surface area contributed by atoms with E-state index in [2.05, 4.69) is 15.3 Å². The van der Waals surface area contributed by atoms with Crippen molar-refractivity contribution in [2.75, 3.05) is 7.11 Å². The van der Waals surface area contributed by atoms with Gasteiger partial charge < -0.3 is 15.0 Å². The number of methoxy groups -OCH3 is 1. The van der Waals surface area contributed by atoms with E-state index in [9.17, 15) is 9.59 Å². The summed E-state index contributed by atoms with van der Waals surface area (Å²) in [6.45, 7) is 0.108. The number of benzene rings is 1. The van der Waals surface area contributed by atoms with Gasteiger partial charge in [0.25, 0.3) is 11.8 Å². The zero-order valence-corrected chi connectivity index (χ0v) is 13.4. The topological polar surface area (TPSA) is 116 Å². The predicted octanol–water partition coefficient (Wildman–Crippen LogP) is 1.62. The number of nitrogens with zero attached hydrogens (tertiary/aromatic N) is 1. The van der Waals surface area contributed by atoms with E-state index in [1.165, 1.54) is 24.9 Å². The molecule has 3 rings (SSSR count). The second-order valence-corrected chi connectivity index (χ2v) is 5.29. The third kappa shape index (κ3) is 3.43. The van der Waals surface area contributed by atoms with Crippen LogP contribution in [-0.2, 0) is 6.54 Å². The molecule has 128 valence electrons. The van der Waals surface area contributed by atoms with Crippen molar-refractivity contribution in [2.24, 2.45) is 0 Å². The third-order valence-corrected chi connectivity index (χ3v) is 3.70. The average Bonchev–Trinajstić information content (AvgIpc) is 3.09. The molecule has 2 heterocycles. The second kappa shape index (κ2) is 7.02. The Labute approximate surface area is 142 Å². The first-order valence-electron chi connectivity index (χ1n) is 7.45. The van der Waals surface area contributed by atoms with Crippen LogP contribution in [0.1, 0.15) is 26.4 Å². The Kier molecular flexibility index (Phi) is 4.62. The maximum atomic E-state index is 12.3. The van der Waals surface area contributed by atoms with Crippen LogP contribution >= 0.6 is 0 Å². The normalized spacial score (nSPS) is 10.5. The number of aromatic amines is 1. The van der Waals surface area contributed by atoms with Crippen molar-refractivity contribution in [3.05, 3.63) is 59.4 Å². The van der Waals surface area contributed by atoms with Gasteiger partial charge in [-0.05, 0) is 18.2 Å². The first-order chi connectivity index (χ1) is 12.1. The number of para-hydroxylation sites is 1. The molecule has 0 bridgehead atoms. The van der Waals surface area contributed by atoms with Crippen molar-refractivity contribution < 1.29 is 19.5 Å². The van der Waals surface area contributed by atoms with Gasteiger partial charge in [-0.1, -0.05) is 18.2 Å². The Morgan fingerprint density at radius 3 is 2.76 bits per heavy atom. The first kappa shape index (κ1) is 16.5. The van der Waals surface area contributed by atoms with Gasteiger partial charge in [0.05, 0.1) is 12.7 Å². The Hall–Kier alpha value is -3.39. The lowest BCUT2D eigenvalue weighted by molar-refractivity contribution is 0.0705. The Bertz CT molecular complexity index is 902. The average molecular weight is 340 g/mol. The number of H-pyrrole nitrogens is 1. The zero-order valence-electron chi connectivity index (χ0n) is 13.4. The van der Waals surface area contributed by atoms with Gasteiger partial charge in [0.1, 0.15) is 5.69 Å². The largest absolute Gasteiger partial charge is 0.481 e. The number of fused-ring (bicyclic) bond motifs is 1. The molecular formula is C17H16N4O4. The van der Waals surface area contributed by atoms with Crippen molar-refractivity contribution in [3.63, 3.8) is 0 Å². The minimum absolute atomic E-state index is 0.108. The molecule has 0 fully saturated rings. The fourth-order valence-corrected chi connectivity index (χ4v) is 2.46. The highest BCUT2D eigenvalue weighted by Gasteiger charge is 2.14. The summed E-state index contributed by atoms with van der Waals surface area (Å²) in [5.41, 5.74) is 3.50. The molecule has 0 saturated carbocycles. The summed E-state index contributed by atoms with van der Waals surface area (Å²) < 4.78 is 5.14. The summed E-state index contributed by atoms with van der Waals surface area (Å²) in [6.07, 6.45) is 1.27. The van der Waals surface area contributed by atoms with Crippen LogP contribution in [0.2, 0.25) is 0 Å². The van der Waals surface area contributed by atoms with Crippen molar-refractivity contribution in [1.82, 2.24) is 20.8 Å². The van der Waals surface area contributed by atoms with E-state index < -0.39 is 5.91 Å². The molecule has 0 radical (unpaired) electrons. The number of pyridine rings is 1. The highest BCUT2D eigenvalue weighted by molar-refractivity contribution is 5.98. The summed E-state index contributed by atoms with van der Waals surface area (Å²) in [7, 11) is 1.44. The molecule has 0 atom stereocenters. The Morgan fingerprint density at radius 1 is 1.24 bits per heavy atom. The van der Waals surface area contributed by atoms with Gasteiger partial charge in [-0.2, -0.15) is 0 Å². The molecule has 3 aromatic rings. The number of carbonyl (C=O) groups is 2. The van der Waals surface area contributed by atoms with Gasteiger partial charge in [0.15, 0.2) is 0 Å². The van der Waals surface area contributed by atoms with E-state index in [4.69, 9.17) is 9.94 Å². The van der Waals surface area contributed by atoms with Crippen LogP contribution in [0.4, 0.5) is 0 Å². The smallest absolute Gasteiger partial charge is 0.276 e. The van der Waals surface area contributed by atoms with E-state index in [0.29, 0.717) is 11.3 Å². The molecule has 2 aromatic heterocycles. The van der Waals surface area contributed by atoms with Crippen LogP contribution < -0.4 is 15.5 Å². The van der Waals surface area contributed by atoms with Crippen molar-refractivity contribution in [1.29, 1.82) is 0 Å². The van der Waals surface area contributed by atoms with Crippen LogP contribution in [0, 0.1) is 0 Å². The molecule has 25 heavy (non-hydrogen) atoms. The molecule has 4 N–H and O–H groups in total. The minimum Gasteiger partial charge on any atom is -0.481 e. The molecule has 0 unspecified atom stereocenters. The maximum Gasteiger partial charge on any atom is 0.276 e. The molecule has 0 aliphatic carbocycles. The maximum absolute atomic E-state index is 12.3. The van der Waals surface area contributed by atoms with Crippen LogP contribution in [-0.4, -0.2) is 34.1 Å². The molecular weight excluding hydrogens is 324 g/mol. The molecule has 2 amide bonds. The number of amides is 2. The molecule has 0 spiro atoms. The molecule has 0 aliphatic rings. The highest BCUT2D eigenvalue weighted by Crippen LogP contribution is 2.17. The van der Waals surface area contributed by atoms with E-state index in [0.717, 1.165) is 10.9 Å². The van der Waals surface area contributed by atoms with Gasteiger partial charge >= 0.3 is 0 Å². The molecule has 1 aromatic carbocycles. The van der Waals surface area contributed by atoms with E-state index in [1.54, 1.807) is 6.07 Å². The fraction of sp³-hybridized carbons (Fsp3) is 0.118.